The normalized spacial score (nSPS) is 24.8. The van der Waals surface area contributed by atoms with Crippen LogP contribution in [0.15, 0.2) is 73.8 Å². The van der Waals surface area contributed by atoms with Gasteiger partial charge in [0.1, 0.15) is 37.9 Å². The monoisotopic (exact) mass is 604 g/mol. The zero-order valence-corrected chi connectivity index (χ0v) is 25.5. The van der Waals surface area contributed by atoms with E-state index < -0.39 is 11.9 Å². The van der Waals surface area contributed by atoms with Crippen molar-refractivity contribution in [2.45, 2.75) is 49.4 Å². The van der Waals surface area contributed by atoms with Crippen LogP contribution in [0.2, 0.25) is 0 Å². The van der Waals surface area contributed by atoms with Crippen LogP contribution in [0.25, 0.3) is 0 Å². The van der Waals surface area contributed by atoms with Crippen molar-refractivity contribution in [1.82, 2.24) is 0 Å². The first-order valence-electron chi connectivity index (χ1n) is 15.6. The van der Waals surface area contributed by atoms with E-state index in [4.69, 9.17) is 28.4 Å². The molecule has 8 nitrogen and oxygen atoms in total. The second kappa shape index (κ2) is 14.9. The molecule has 0 heterocycles. The molecule has 0 radical (unpaired) electrons. The van der Waals surface area contributed by atoms with Crippen molar-refractivity contribution >= 4 is 11.9 Å². The molecule has 4 aliphatic rings. The molecule has 4 fully saturated rings. The number of hydrogen-bond donors (Lipinski definition) is 0. The summed E-state index contributed by atoms with van der Waals surface area (Å²) in [6.07, 6.45) is 9.89. The highest BCUT2D eigenvalue weighted by atomic mass is 16.6. The molecule has 6 rings (SSSR count). The molecular formula is C36H44O8. The van der Waals surface area contributed by atoms with E-state index in [1.54, 1.807) is 0 Å². The maximum absolute atomic E-state index is 11.1. The van der Waals surface area contributed by atoms with Gasteiger partial charge in [0, 0.05) is 12.2 Å². The van der Waals surface area contributed by atoms with E-state index >= 15 is 0 Å². The second-order valence-corrected chi connectivity index (χ2v) is 12.2. The first-order chi connectivity index (χ1) is 21.4. The van der Waals surface area contributed by atoms with Crippen LogP contribution in [-0.2, 0) is 39.4 Å². The van der Waals surface area contributed by atoms with E-state index in [0.717, 1.165) is 35.5 Å². The molecule has 2 aromatic carbocycles. The summed E-state index contributed by atoms with van der Waals surface area (Å²) in [6.45, 7) is 9.54. The molecule has 4 bridgehead atoms. The summed E-state index contributed by atoms with van der Waals surface area (Å²) >= 11 is 0. The molecule has 0 saturated heterocycles. The Labute approximate surface area is 260 Å². The predicted molar refractivity (Wildman–Crippen MR) is 166 cm³/mol. The quantitative estimate of drug-likeness (QED) is 0.121. The Morgan fingerprint density at radius 2 is 1.00 bits per heavy atom. The molecule has 0 N–H and O–H groups in total. The van der Waals surface area contributed by atoms with E-state index in [0.29, 0.717) is 39.6 Å². The van der Waals surface area contributed by atoms with Crippen molar-refractivity contribution in [2.24, 2.45) is 11.8 Å². The van der Waals surface area contributed by atoms with Crippen molar-refractivity contribution in [3.05, 3.63) is 85.0 Å². The number of ether oxygens (including phenoxy) is 6. The van der Waals surface area contributed by atoms with Gasteiger partial charge in [-0.1, -0.05) is 37.4 Å². The Bertz CT molecular complexity index is 1160. The number of esters is 2. The number of benzene rings is 2. The highest BCUT2D eigenvalue weighted by Gasteiger charge is 2.58. The molecule has 0 spiro atoms. The first kappa shape index (κ1) is 31.8. The smallest absolute Gasteiger partial charge is 0.330 e. The Balaban J connectivity index is 1.11. The molecular weight excluding hydrogens is 560 g/mol. The Kier molecular flexibility index (Phi) is 10.8. The van der Waals surface area contributed by atoms with Gasteiger partial charge in [-0.2, -0.15) is 0 Å². The van der Waals surface area contributed by atoms with Gasteiger partial charge in [-0.3, -0.25) is 0 Å². The van der Waals surface area contributed by atoms with Gasteiger partial charge in [-0.25, -0.2) is 9.59 Å². The highest BCUT2D eigenvalue weighted by molar-refractivity contribution is 5.81. The van der Waals surface area contributed by atoms with Gasteiger partial charge in [-0.15, -0.1) is 0 Å². The molecule has 0 amide bonds. The molecule has 0 atom stereocenters. The van der Waals surface area contributed by atoms with Gasteiger partial charge in [0.05, 0.1) is 26.4 Å². The number of hydrogen-bond acceptors (Lipinski definition) is 8. The molecule has 236 valence electrons. The first-order valence-corrected chi connectivity index (χ1v) is 15.6. The molecule has 4 aliphatic carbocycles. The Morgan fingerprint density at radius 3 is 1.39 bits per heavy atom. The molecule has 0 unspecified atom stereocenters. The highest BCUT2D eigenvalue weighted by Crippen LogP contribution is 2.66. The SMILES string of the molecule is C=CC(=O)OCCOCCOc1ccc(C23CC4CC(C2)CC(c2ccc(OCCOCCOC(=O)C=C)cc2)(C4)C3)cc1. The van der Waals surface area contributed by atoms with E-state index in [-0.39, 0.29) is 24.0 Å². The number of carbonyl (C=O) groups excluding carboxylic acids is 2. The third-order valence-electron chi connectivity index (χ3n) is 9.26. The molecule has 2 aromatic rings. The van der Waals surface area contributed by atoms with Gasteiger partial charge in [0.2, 0.25) is 0 Å². The predicted octanol–water partition coefficient (Wildman–Crippen LogP) is 5.73. The van der Waals surface area contributed by atoms with Crippen molar-refractivity contribution in [3.63, 3.8) is 0 Å². The third-order valence-corrected chi connectivity index (χ3v) is 9.26. The average Bonchev–Trinajstić information content (AvgIpc) is 3.03. The van der Waals surface area contributed by atoms with Gasteiger partial charge in [0.15, 0.2) is 0 Å². The van der Waals surface area contributed by atoms with Crippen LogP contribution in [0.4, 0.5) is 0 Å². The van der Waals surface area contributed by atoms with Crippen LogP contribution in [0.1, 0.15) is 49.7 Å². The second-order valence-electron chi connectivity index (χ2n) is 12.2. The van der Waals surface area contributed by atoms with Crippen molar-refractivity contribution in [1.29, 1.82) is 0 Å². The van der Waals surface area contributed by atoms with Crippen LogP contribution < -0.4 is 9.47 Å². The fourth-order valence-corrected chi connectivity index (χ4v) is 7.91. The molecule has 8 heteroatoms. The van der Waals surface area contributed by atoms with Crippen LogP contribution in [0.5, 0.6) is 11.5 Å². The van der Waals surface area contributed by atoms with E-state index in [2.05, 4.69) is 61.7 Å². The van der Waals surface area contributed by atoms with Crippen LogP contribution in [-0.4, -0.2) is 64.8 Å². The lowest BCUT2D eigenvalue weighted by atomic mass is 9.42. The third kappa shape index (κ3) is 7.90. The summed E-state index contributed by atoms with van der Waals surface area (Å²) < 4.78 is 32.6. The van der Waals surface area contributed by atoms with Crippen LogP contribution >= 0.6 is 0 Å². The fraction of sp³-hybridized carbons (Fsp3) is 0.500. The van der Waals surface area contributed by atoms with Crippen molar-refractivity contribution in [3.8, 4) is 11.5 Å². The largest absolute Gasteiger partial charge is 0.491 e. The summed E-state index contributed by atoms with van der Waals surface area (Å²) in [4.78, 5) is 22.1. The standard InChI is InChI=1S/C36H44O8/c1-3-33(37)43-19-15-39-13-17-41-31-9-5-29(6-10-31)35-22-27-21-28(23-35)25-36(24-27,26-35)30-7-11-32(12-8-30)42-18-14-40-16-20-44-34(38)4-2/h3-12,27-28H,1-2,13-26H2. The summed E-state index contributed by atoms with van der Waals surface area (Å²) in [5.41, 5.74) is 3.29. The minimum absolute atomic E-state index is 0.206. The zero-order chi connectivity index (χ0) is 30.8. The van der Waals surface area contributed by atoms with Gasteiger partial charge < -0.3 is 28.4 Å². The molecule has 0 aromatic heterocycles. The van der Waals surface area contributed by atoms with Gasteiger partial charge >= 0.3 is 11.9 Å². The van der Waals surface area contributed by atoms with Crippen molar-refractivity contribution in [2.75, 3.05) is 52.9 Å². The maximum Gasteiger partial charge on any atom is 0.330 e. The molecule has 4 saturated carbocycles. The van der Waals surface area contributed by atoms with Gasteiger partial charge in [-0.05, 0) is 96.6 Å². The lowest BCUT2D eigenvalue weighted by Crippen LogP contribution is -2.55. The van der Waals surface area contributed by atoms with Gasteiger partial charge in [0.25, 0.3) is 0 Å². The minimum Gasteiger partial charge on any atom is -0.491 e. The van der Waals surface area contributed by atoms with E-state index in [1.165, 1.54) is 49.7 Å². The summed E-state index contributed by atoms with van der Waals surface area (Å²) in [5.74, 6) is 2.31. The fourth-order valence-electron chi connectivity index (χ4n) is 7.91. The average molecular weight is 605 g/mol. The zero-order valence-electron chi connectivity index (χ0n) is 25.5. The molecule has 0 aliphatic heterocycles. The Morgan fingerprint density at radius 1 is 0.614 bits per heavy atom. The summed E-state index contributed by atoms with van der Waals surface area (Å²) in [5, 5.41) is 0. The molecule has 44 heavy (non-hydrogen) atoms. The number of carbonyl (C=O) groups is 2. The van der Waals surface area contributed by atoms with E-state index in [9.17, 15) is 9.59 Å². The number of rotatable bonds is 18. The lowest BCUT2D eigenvalue weighted by molar-refractivity contribution is -0.140. The van der Waals surface area contributed by atoms with Crippen molar-refractivity contribution < 1.29 is 38.0 Å². The topological polar surface area (TPSA) is 89.5 Å². The Hall–Kier alpha value is -3.62. The van der Waals surface area contributed by atoms with Crippen LogP contribution in [0, 0.1) is 11.8 Å². The lowest BCUT2D eigenvalue weighted by Gasteiger charge is -2.62. The van der Waals surface area contributed by atoms with E-state index in [1.807, 2.05) is 0 Å². The summed E-state index contributed by atoms with van der Waals surface area (Å²) in [6, 6.07) is 17.5. The van der Waals surface area contributed by atoms with Crippen LogP contribution in [0.3, 0.4) is 0 Å². The maximum atomic E-state index is 11.1. The minimum atomic E-state index is -0.445. The summed E-state index contributed by atoms with van der Waals surface area (Å²) in [7, 11) is 0.